The zero-order valence-corrected chi connectivity index (χ0v) is 10.6. The van der Waals surface area contributed by atoms with Crippen LogP contribution in [0.15, 0.2) is 23.3 Å². The molecule has 1 aromatic carbocycles. The number of aromatic hydroxyl groups is 1. The summed E-state index contributed by atoms with van der Waals surface area (Å²) in [6.07, 6.45) is 1.79. The van der Waals surface area contributed by atoms with Crippen LogP contribution in [0.5, 0.6) is 5.75 Å². The van der Waals surface area contributed by atoms with Crippen molar-refractivity contribution in [2.75, 3.05) is 0 Å². The van der Waals surface area contributed by atoms with Crippen LogP contribution in [0.2, 0.25) is 5.02 Å². The van der Waals surface area contributed by atoms with Gasteiger partial charge in [-0.05, 0) is 31.5 Å². The summed E-state index contributed by atoms with van der Waals surface area (Å²) in [6.45, 7) is 3.87. The van der Waals surface area contributed by atoms with E-state index >= 15 is 0 Å². The lowest BCUT2D eigenvalue weighted by Gasteiger charge is -2.04. The maximum Gasteiger partial charge on any atom is 0.275 e. The van der Waals surface area contributed by atoms with Crippen LogP contribution in [0.4, 0.5) is 0 Å². The van der Waals surface area contributed by atoms with Crippen molar-refractivity contribution >= 4 is 23.2 Å². The van der Waals surface area contributed by atoms with Crippen LogP contribution in [0.3, 0.4) is 0 Å². The zero-order valence-electron chi connectivity index (χ0n) is 9.83. The van der Waals surface area contributed by atoms with E-state index in [4.69, 9.17) is 11.6 Å². The summed E-state index contributed by atoms with van der Waals surface area (Å²) in [5, 5.41) is 13.8. The maximum atomic E-state index is 11.7. The van der Waals surface area contributed by atoms with Crippen molar-refractivity contribution in [3.05, 3.63) is 28.8 Å². The second-order valence-corrected chi connectivity index (χ2v) is 4.14. The molecule has 0 aliphatic rings. The molecule has 0 saturated heterocycles. The lowest BCUT2D eigenvalue weighted by Crippen LogP contribution is -2.19. The highest BCUT2D eigenvalue weighted by Gasteiger charge is 2.10. The first-order valence-electron chi connectivity index (χ1n) is 5.36. The van der Waals surface area contributed by atoms with Gasteiger partial charge >= 0.3 is 0 Å². The quantitative estimate of drug-likeness (QED) is 0.641. The Kier molecular flexibility index (Phi) is 4.97. The molecule has 4 nitrogen and oxygen atoms in total. The molecule has 0 fully saturated rings. The van der Waals surface area contributed by atoms with Gasteiger partial charge in [-0.2, -0.15) is 5.10 Å². The van der Waals surface area contributed by atoms with Gasteiger partial charge < -0.3 is 5.11 Å². The summed E-state index contributed by atoms with van der Waals surface area (Å²) in [4.78, 5) is 11.7. The first kappa shape index (κ1) is 13.5. The van der Waals surface area contributed by atoms with E-state index in [0.717, 1.165) is 18.6 Å². The Morgan fingerprint density at radius 3 is 2.88 bits per heavy atom. The summed E-state index contributed by atoms with van der Waals surface area (Å²) in [5.41, 5.74) is 3.33. The molecule has 1 amide bonds. The molecule has 0 heterocycles. The normalized spacial score (nSPS) is 11.4. The van der Waals surface area contributed by atoms with Crippen LogP contribution < -0.4 is 5.43 Å². The van der Waals surface area contributed by atoms with Crippen molar-refractivity contribution in [3.63, 3.8) is 0 Å². The first-order valence-corrected chi connectivity index (χ1v) is 5.74. The summed E-state index contributed by atoms with van der Waals surface area (Å²) < 4.78 is 0. The van der Waals surface area contributed by atoms with Gasteiger partial charge in [0.25, 0.3) is 5.91 Å². The topological polar surface area (TPSA) is 61.7 Å². The first-order chi connectivity index (χ1) is 8.04. The molecule has 0 aliphatic heterocycles. The Labute approximate surface area is 105 Å². The number of carbonyl (C=O) groups excluding carboxylic acids is 1. The molecule has 1 rings (SSSR count). The van der Waals surface area contributed by atoms with Crippen molar-refractivity contribution < 1.29 is 9.90 Å². The minimum atomic E-state index is -0.472. The van der Waals surface area contributed by atoms with Gasteiger partial charge in [-0.1, -0.05) is 24.9 Å². The smallest absolute Gasteiger partial charge is 0.275 e. The predicted molar refractivity (Wildman–Crippen MR) is 68.6 cm³/mol. The Bertz CT molecular complexity index is 444. The number of benzene rings is 1. The maximum absolute atomic E-state index is 11.7. The number of phenolic OH excluding ortho intramolecular Hbond substituents is 1. The second-order valence-electron chi connectivity index (χ2n) is 3.70. The van der Waals surface area contributed by atoms with Gasteiger partial charge in [0.05, 0.1) is 5.56 Å². The van der Waals surface area contributed by atoms with Gasteiger partial charge in [-0.3, -0.25) is 4.79 Å². The van der Waals surface area contributed by atoms with E-state index < -0.39 is 5.91 Å². The van der Waals surface area contributed by atoms with Crippen LogP contribution in [0.25, 0.3) is 0 Å². The lowest BCUT2D eigenvalue weighted by molar-refractivity contribution is 0.0952. The third-order valence-electron chi connectivity index (χ3n) is 2.16. The van der Waals surface area contributed by atoms with Gasteiger partial charge in [-0.15, -0.1) is 0 Å². The number of carbonyl (C=O) groups is 1. The van der Waals surface area contributed by atoms with E-state index in [1.165, 1.54) is 18.2 Å². The molecule has 0 atom stereocenters. The molecule has 1 aromatic rings. The second kappa shape index (κ2) is 6.25. The predicted octanol–water partition coefficient (Wildman–Crippen LogP) is 2.95. The van der Waals surface area contributed by atoms with Crippen LogP contribution >= 0.6 is 11.6 Å². The van der Waals surface area contributed by atoms with Crippen molar-refractivity contribution in [1.29, 1.82) is 0 Å². The van der Waals surface area contributed by atoms with Crippen molar-refractivity contribution in [1.82, 2.24) is 5.43 Å². The third kappa shape index (κ3) is 4.07. The molecule has 5 heteroatoms. The van der Waals surface area contributed by atoms with Crippen LogP contribution in [-0.2, 0) is 0 Å². The molecule has 0 unspecified atom stereocenters. The average Bonchev–Trinajstić information content (AvgIpc) is 2.29. The average molecular weight is 255 g/mol. The highest BCUT2D eigenvalue weighted by Crippen LogP contribution is 2.21. The molecule has 2 N–H and O–H groups in total. The number of halogens is 1. The summed E-state index contributed by atoms with van der Waals surface area (Å²) in [6, 6.07) is 4.29. The number of nitrogens with one attached hydrogen (secondary N) is 1. The minimum absolute atomic E-state index is 0.116. The van der Waals surface area contributed by atoms with Gasteiger partial charge in [0, 0.05) is 10.7 Å². The van der Waals surface area contributed by atoms with E-state index in [1.807, 2.05) is 13.8 Å². The summed E-state index contributed by atoms with van der Waals surface area (Å²) in [7, 11) is 0. The molecule has 0 saturated carbocycles. The number of hydrogen-bond donors (Lipinski definition) is 2. The molecule has 17 heavy (non-hydrogen) atoms. The highest BCUT2D eigenvalue weighted by molar-refractivity contribution is 6.31. The van der Waals surface area contributed by atoms with E-state index in [-0.39, 0.29) is 11.3 Å². The van der Waals surface area contributed by atoms with Crippen LogP contribution in [-0.4, -0.2) is 16.7 Å². The molecule has 92 valence electrons. The molecule has 0 bridgehead atoms. The van der Waals surface area contributed by atoms with Crippen LogP contribution in [0.1, 0.15) is 37.0 Å². The molecule has 0 aromatic heterocycles. The number of hydrazone groups is 1. The summed E-state index contributed by atoms with van der Waals surface area (Å²) in [5.74, 6) is -0.587. The minimum Gasteiger partial charge on any atom is -0.507 e. The fourth-order valence-corrected chi connectivity index (χ4v) is 1.49. The monoisotopic (exact) mass is 254 g/mol. The number of phenols is 1. The fraction of sp³-hybridized carbons (Fsp3) is 0.333. The largest absolute Gasteiger partial charge is 0.507 e. The Morgan fingerprint density at radius 2 is 2.24 bits per heavy atom. The van der Waals surface area contributed by atoms with E-state index in [2.05, 4.69) is 10.5 Å². The van der Waals surface area contributed by atoms with E-state index in [9.17, 15) is 9.90 Å². The van der Waals surface area contributed by atoms with Crippen molar-refractivity contribution in [2.45, 2.75) is 26.7 Å². The standard InChI is InChI=1S/C12H15ClN2O2/c1-3-4-8(2)14-15-12(17)10-7-9(13)5-6-11(10)16/h5-7,16H,3-4H2,1-2H3,(H,15,17)/b14-8-. The van der Waals surface area contributed by atoms with Gasteiger partial charge in [0.1, 0.15) is 5.75 Å². The number of amides is 1. The van der Waals surface area contributed by atoms with Gasteiger partial charge in [0.15, 0.2) is 0 Å². The van der Waals surface area contributed by atoms with Gasteiger partial charge in [0.2, 0.25) is 0 Å². The molecule has 0 radical (unpaired) electrons. The molecule has 0 aliphatic carbocycles. The van der Waals surface area contributed by atoms with E-state index in [0.29, 0.717) is 5.02 Å². The highest BCUT2D eigenvalue weighted by atomic mass is 35.5. The SMILES string of the molecule is CCC/C(C)=N\NC(=O)c1cc(Cl)ccc1O. The Hall–Kier alpha value is -1.55. The molecule has 0 spiro atoms. The number of rotatable bonds is 4. The number of hydrogen-bond acceptors (Lipinski definition) is 3. The fourth-order valence-electron chi connectivity index (χ4n) is 1.31. The van der Waals surface area contributed by atoms with Crippen LogP contribution in [0, 0.1) is 0 Å². The van der Waals surface area contributed by atoms with Crippen molar-refractivity contribution in [3.8, 4) is 5.75 Å². The zero-order chi connectivity index (χ0) is 12.8. The third-order valence-corrected chi connectivity index (χ3v) is 2.40. The summed E-state index contributed by atoms with van der Waals surface area (Å²) >= 11 is 5.75. The van der Waals surface area contributed by atoms with Gasteiger partial charge in [-0.25, -0.2) is 5.43 Å². The van der Waals surface area contributed by atoms with Crippen molar-refractivity contribution in [2.24, 2.45) is 5.10 Å². The molecular weight excluding hydrogens is 240 g/mol. The molecular formula is C12H15ClN2O2. The Morgan fingerprint density at radius 1 is 1.53 bits per heavy atom. The number of nitrogens with zero attached hydrogens (tertiary/aromatic N) is 1. The van der Waals surface area contributed by atoms with E-state index in [1.54, 1.807) is 0 Å². The Balaban J connectivity index is 2.76. The lowest BCUT2D eigenvalue weighted by atomic mass is 10.2.